The average Bonchev–Trinajstić information content (AvgIpc) is 3.00. The number of hydrogen-bond donors (Lipinski definition) is 2. The standard InChI is InChI=1S/C13H23N5O2/c1-9(2)18(7-11-5-4-6-14-11)8-12(19)15-13-17-16-10(3)20-13/h9,11,14H,4-8H2,1-3H3,(H,15,17,19). The van der Waals surface area contributed by atoms with Gasteiger partial charge < -0.3 is 9.73 Å². The maximum Gasteiger partial charge on any atom is 0.322 e. The fourth-order valence-corrected chi connectivity index (χ4v) is 2.34. The van der Waals surface area contributed by atoms with Gasteiger partial charge in [-0.1, -0.05) is 5.10 Å². The lowest BCUT2D eigenvalue weighted by molar-refractivity contribution is -0.117. The van der Waals surface area contributed by atoms with Crippen molar-refractivity contribution in [1.29, 1.82) is 0 Å². The average molecular weight is 281 g/mol. The van der Waals surface area contributed by atoms with Crippen molar-refractivity contribution in [2.45, 2.75) is 45.7 Å². The van der Waals surface area contributed by atoms with Crippen molar-refractivity contribution in [3.05, 3.63) is 5.89 Å². The Kier molecular flexibility index (Phi) is 5.08. The van der Waals surface area contributed by atoms with Gasteiger partial charge in [0.15, 0.2) is 0 Å². The SMILES string of the molecule is Cc1nnc(NC(=O)CN(CC2CCCN2)C(C)C)o1. The molecule has 7 nitrogen and oxygen atoms in total. The van der Waals surface area contributed by atoms with Gasteiger partial charge in [-0.05, 0) is 33.2 Å². The maximum absolute atomic E-state index is 12.0. The van der Waals surface area contributed by atoms with Gasteiger partial charge in [-0.15, -0.1) is 5.10 Å². The first kappa shape index (κ1) is 14.9. The van der Waals surface area contributed by atoms with Crippen LogP contribution in [0.1, 0.15) is 32.6 Å². The Morgan fingerprint density at radius 2 is 2.35 bits per heavy atom. The van der Waals surface area contributed by atoms with Crippen molar-refractivity contribution in [1.82, 2.24) is 20.4 Å². The van der Waals surface area contributed by atoms with Crippen LogP contribution in [0.5, 0.6) is 0 Å². The molecule has 112 valence electrons. The van der Waals surface area contributed by atoms with E-state index in [1.807, 2.05) is 0 Å². The molecule has 7 heteroatoms. The zero-order valence-electron chi connectivity index (χ0n) is 12.3. The zero-order chi connectivity index (χ0) is 14.5. The molecule has 0 aromatic carbocycles. The lowest BCUT2D eigenvalue weighted by atomic mass is 10.2. The summed E-state index contributed by atoms with van der Waals surface area (Å²) in [5.41, 5.74) is 0. The van der Waals surface area contributed by atoms with Crippen molar-refractivity contribution in [2.75, 3.05) is 25.0 Å². The fraction of sp³-hybridized carbons (Fsp3) is 0.769. The Hall–Kier alpha value is -1.47. The topological polar surface area (TPSA) is 83.3 Å². The van der Waals surface area contributed by atoms with E-state index in [4.69, 9.17) is 4.42 Å². The molecular formula is C13H23N5O2. The molecule has 1 unspecified atom stereocenters. The Labute approximate surface area is 119 Å². The molecule has 0 saturated carbocycles. The zero-order valence-corrected chi connectivity index (χ0v) is 12.3. The van der Waals surface area contributed by atoms with Crippen LogP contribution >= 0.6 is 0 Å². The number of amides is 1. The van der Waals surface area contributed by atoms with E-state index in [2.05, 4.69) is 39.6 Å². The van der Waals surface area contributed by atoms with Crippen LogP contribution in [0.3, 0.4) is 0 Å². The van der Waals surface area contributed by atoms with Gasteiger partial charge in [0.1, 0.15) is 0 Å². The smallest absolute Gasteiger partial charge is 0.322 e. The number of nitrogens with one attached hydrogen (secondary N) is 2. The van der Waals surface area contributed by atoms with E-state index in [-0.39, 0.29) is 11.9 Å². The highest BCUT2D eigenvalue weighted by Gasteiger charge is 2.22. The summed E-state index contributed by atoms with van der Waals surface area (Å²) in [6.07, 6.45) is 2.39. The van der Waals surface area contributed by atoms with Gasteiger partial charge in [0.25, 0.3) is 0 Å². The van der Waals surface area contributed by atoms with Crippen LogP contribution in [0, 0.1) is 6.92 Å². The molecule has 1 atom stereocenters. The van der Waals surface area contributed by atoms with Gasteiger partial charge in [0.2, 0.25) is 11.8 Å². The lowest BCUT2D eigenvalue weighted by Gasteiger charge is -2.28. The van der Waals surface area contributed by atoms with E-state index in [1.54, 1.807) is 6.92 Å². The van der Waals surface area contributed by atoms with E-state index in [0.717, 1.165) is 13.1 Å². The Morgan fingerprint density at radius 1 is 1.55 bits per heavy atom. The summed E-state index contributed by atoms with van der Waals surface area (Å²) in [6, 6.07) is 0.957. The molecular weight excluding hydrogens is 258 g/mol. The molecule has 0 aliphatic carbocycles. The van der Waals surface area contributed by atoms with Crippen molar-refractivity contribution >= 4 is 11.9 Å². The number of aromatic nitrogens is 2. The molecule has 2 N–H and O–H groups in total. The van der Waals surface area contributed by atoms with Gasteiger partial charge in [0.05, 0.1) is 6.54 Å². The van der Waals surface area contributed by atoms with Gasteiger partial charge in [0, 0.05) is 25.6 Å². The molecule has 1 aliphatic rings. The monoisotopic (exact) mass is 281 g/mol. The van der Waals surface area contributed by atoms with Crippen LogP contribution < -0.4 is 10.6 Å². The minimum absolute atomic E-state index is 0.125. The quantitative estimate of drug-likeness (QED) is 0.801. The molecule has 0 radical (unpaired) electrons. The van der Waals surface area contributed by atoms with E-state index in [1.165, 1.54) is 12.8 Å². The number of rotatable bonds is 6. The second kappa shape index (κ2) is 6.81. The van der Waals surface area contributed by atoms with E-state index >= 15 is 0 Å². The fourth-order valence-electron chi connectivity index (χ4n) is 2.34. The summed E-state index contributed by atoms with van der Waals surface area (Å²) in [7, 11) is 0. The first-order chi connectivity index (χ1) is 9.54. The summed E-state index contributed by atoms with van der Waals surface area (Å²) in [5, 5.41) is 13.5. The molecule has 1 fully saturated rings. The number of carbonyl (C=O) groups excluding carboxylic acids is 1. The van der Waals surface area contributed by atoms with Crippen LogP contribution in [0.25, 0.3) is 0 Å². The summed E-state index contributed by atoms with van der Waals surface area (Å²) < 4.78 is 5.14. The molecule has 1 aromatic heterocycles. The number of nitrogens with zero attached hydrogens (tertiary/aromatic N) is 3. The largest absolute Gasteiger partial charge is 0.408 e. The first-order valence-electron chi connectivity index (χ1n) is 7.12. The summed E-state index contributed by atoms with van der Waals surface area (Å²) in [4.78, 5) is 14.2. The van der Waals surface area contributed by atoms with Gasteiger partial charge in [-0.25, -0.2) is 0 Å². The second-order valence-corrected chi connectivity index (χ2v) is 5.49. The van der Waals surface area contributed by atoms with Crippen molar-refractivity contribution in [2.24, 2.45) is 0 Å². The molecule has 1 aliphatic heterocycles. The molecule has 20 heavy (non-hydrogen) atoms. The first-order valence-corrected chi connectivity index (χ1v) is 7.12. The van der Waals surface area contributed by atoms with Crippen molar-refractivity contribution < 1.29 is 9.21 Å². The third-order valence-corrected chi connectivity index (χ3v) is 3.47. The van der Waals surface area contributed by atoms with Crippen molar-refractivity contribution in [3.8, 4) is 0 Å². The molecule has 0 spiro atoms. The number of aryl methyl sites for hydroxylation is 1. The van der Waals surface area contributed by atoms with Crippen LogP contribution in [0.2, 0.25) is 0 Å². The Balaban J connectivity index is 1.85. The molecule has 0 bridgehead atoms. The molecule has 1 amide bonds. The third-order valence-electron chi connectivity index (χ3n) is 3.47. The third kappa shape index (κ3) is 4.28. The molecule has 2 rings (SSSR count). The number of hydrogen-bond acceptors (Lipinski definition) is 6. The van der Waals surface area contributed by atoms with Gasteiger partial charge in [-0.2, -0.15) is 0 Å². The predicted octanol–water partition coefficient (Wildman–Crippen LogP) is 0.779. The minimum Gasteiger partial charge on any atom is -0.408 e. The predicted molar refractivity (Wildman–Crippen MR) is 75.4 cm³/mol. The highest BCUT2D eigenvalue weighted by atomic mass is 16.4. The van der Waals surface area contributed by atoms with Crippen LogP contribution in [0.4, 0.5) is 6.01 Å². The maximum atomic E-state index is 12.0. The number of carbonyl (C=O) groups is 1. The molecule has 1 saturated heterocycles. The lowest BCUT2D eigenvalue weighted by Crippen LogP contribution is -2.44. The Bertz CT molecular complexity index is 440. The van der Waals surface area contributed by atoms with E-state index < -0.39 is 0 Å². The van der Waals surface area contributed by atoms with Crippen LogP contribution in [-0.4, -0.2) is 52.7 Å². The molecule has 2 heterocycles. The minimum atomic E-state index is -0.125. The normalized spacial score (nSPS) is 18.9. The summed E-state index contributed by atoms with van der Waals surface area (Å²) in [6.45, 7) is 8.17. The van der Waals surface area contributed by atoms with E-state index in [9.17, 15) is 4.79 Å². The van der Waals surface area contributed by atoms with E-state index in [0.29, 0.717) is 24.5 Å². The second-order valence-electron chi connectivity index (χ2n) is 5.49. The highest BCUT2D eigenvalue weighted by Crippen LogP contribution is 2.10. The molecule has 1 aromatic rings. The summed E-state index contributed by atoms with van der Waals surface area (Å²) >= 11 is 0. The summed E-state index contributed by atoms with van der Waals surface area (Å²) in [5.74, 6) is 0.316. The van der Waals surface area contributed by atoms with Crippen LogP contribution in [0.15, 0.2) is 4.42 Å². The Morgan fingerprint density at radius 3 is 2.90 bits per heavy atom. The van der Waals surface area contributed by atoms with Gasteiger partial charge in [-0.3, -0.25) is 15.0 Å². The van der Waals surface area contributed by atoms with Crippen molar-refractivity contribution in [3.63, 3.8) is 0 Å². The van der Waals surface area contributed by atoms with Gasteiger partial charge >= 0.3 is 6.01 Å². The highest BCUT2D eigenvalue weighted by molar-refractivity contribution is 5.90. The number of anilines is 1. The van der Waals surface area contributed by atoms with Crippen LogP contribution in [-0.2, 0) is 4.79 Å².